The molecule has 0 spiro atoms. The molecule has 0 radical (unpaired) electrons. The quantitative estimate of drug-likeness (QED) is 0.460. The average Bonchev–Trinajstić information content (AvgIpc) is 2.95. The van der Waals surface area contributed by atoms with Crippen LogP contribution in [-0.4, -0.2) is 29.6 Å². The molecule has 2 rings (SSSR count). The van der Waals surface area contributed by atoms with Crippen molar-refractivity contribution in [2.75, 3.05) is 13.1 Å². The smallest absolute Gasteiger partial charge is 0.0601 e. The number of rotatable bonds is 5. The van der Waals surface area contributed by atoms with E-state index in [0.717, 1.165) is 6.42 Å². The zero-order valence-electron chi connectivity index (χ0n) is 13.5. The van der Waals surface area contributed by atoms with Crippen molar-refractivity contribution in [1.82, 2.24) is 10.3 Å². The molecule has 0 aromatic heterocycles. The van der Waals surface area contributed by atoms with Crippen molar-refractivity contribution in [1.29, 1.82) is 0 Å². The maximum atomic E-state index is 6.01. The second kappa shape index (κ2) is 7.58. The van der Waals surface area contributed by atoms with Crippen molar-refractivity contribution in [3.63, 3.8) is 0 Å². The predicted octanol–water partition coefficient (Wildman–Crippen LogP) is 3.36. The highest BCUT2D eigenvalue weighted by atomic mass is 15.3. The average molecular weight is 279 g/mol. The molecular formula is C17H33N3. The van der Waals surface area contributed by atoms with E-state index in [4.69, 9.17) is 5.84 Å². The van der Waals surface area contributed by atoms with Crippen molar-refractivity contribution in [2.24, 2.45) is 5.84 Å². The van der Waals surface area contributed by atoms with E-state index in [1.807, 2.05) is 0 Å². The molecule has 20 heavy (non-hydrogen) atoms. The van der Waals surface area contributed by atoms with Crippen molar-refractivity contribution in [3.05, 3.63) is 11.6 Å². The first-order valence-electron chi connectivity index (χ1n) is 8.62. The van der Waals surface area contributed by atoms with E-state index in [-0.39, 0.29) is 5.54 Å². The molecular weight excluding hydrogens is 246 g/mol. The molecule has 1 saturated heterocycles. The topological polar surface area (TPSA) is 41.3 Å². The Hall–Kier alpha value is -0.380. The number of hydrogen-bond acceptors (Lipinski definition) is 3. The molecule has 1 aliphatic carbocycles. The van der Waals surface area contributed by atoms with Crippen molar-refractivity contribution in [2.45, 2.75) is 83.2 Å². The highest BCUT2D eigenvalue weighted by Gasteiger charge is 2.40. The van der Waals surface area contributed by atoms with Gasteiger partial charge in [-0.2, -0.15) is 0 Å². The first-order chi connectivity index (χ1) is 9.72. The van der Waals surface area contributed by atoms with Crippen molar-refractivity contribution >= 4 is 0 Å². The Bertz CT molecular complexity index is 320. The third-order valence-corrected chi connectivity index (χ3v) is 5.53. The molecule has 116 valence electrons. The summed E-state index contributed by atoms with van der Waals surface area (Å²) in [5.74, 6) is 6.01. The number of likely N-dealkylation sites (tertiary alicyclic amines) is 1. The molecule has 0 saturated carbocycles. The van der Waals surface area contributed by atoms with Crippen LogP contribution in [0.3, 0.4) is 0 Å². The maximum Gasteiger partial charge on any atom is 0.0601 e. The lowest BCUT2D eigenvalue weighted by atomic mass is 9.80. The van der Waals surface area contributed by atoms with Gasteiger partial charge in [0.1, 0.15) is 0 Å². The summed E-state index contributed by atoms with van der Waals surface area (Å²) in [5, 5.41) is 0. The molecule has 0 aromatic carbocycles. The van der Waals surface area contributed by atoms with E-state index < -0.39 is 0 Å². The van der Waals surface area contributed by atoms with Crippen LogP contribution in [0.4, 0.5) is 0 Å². The van der Waals surface area contributed by atoms with E-state index in [9.17, 15) is 0 Å². The standard InChI is InChI=1S/C17H33N3/c1-3-17(2,20-13-9-10-14-20)16(19-18)15-11-7-5-4-6-8-12-15/h11,16,19H,3-10,12-14,18H2,1-2H3. The second-order valence-corrected chi connectivity index (χ2v) is 6.74. The van der Waals surface area contributed by atoms with Gasteiger partial charge in [-0.3, -0.25) is 16.2 Å². The SMILES string of the molecule is CCC(C)(C(NN)C1=CCCCCCC1)N1CCCC1. The summed E-state index contributed by atoms with van der Waals surface area (Å²) in [6.07, 6.45) is 14.2. The Morgan fingerprint density at radius 3 is 2.55 bits per heavy atom. The third kappa shape index (κ3) is 3.44. The maximum absolute atomic E-state index is 6.01. The van der Waals surface area contributed by atoms with Gasteiger partial charge in [-0.15, -0.1) is 0 Å². The molecule has 2 aliphatic rings. The number of nitrogens with zero attached hydrogens (tertiary/aromatic N) is 1. The zero-order valence-corrected chi connectivity index (χ0v) is 13.5. The van der Waals surface area contributed by atoms with Crippen LogP contribution in [0, 0.1) is 0 Å². The lowest BCUT2D eigenvalue weighted by Gasteiger charge is -2.45. The molecule has 2 unspecified atom stereocenters. The van der Waals surface area contributed by atoms with Crippen LogP contribution in [0.5, 0.6) is 0 Å². The lowest BCUT2D eigenvalue weighted by Crippen LogP contribution is -2.60. The summed E-state index contributed by atoms with van der Waals surface area (Å²) in [6, 6.07) is 0.309. The monoisotopic (exact) mass is 279 g/mol. The summed E-state index contributed by atoms with van der Waals surface area (Å²) in [4.78, 5) is 2.66. The number of hydrazine groups is 1. The van der Waals surface area contributed by atoms with E-state index >= 15 is 0 Å². The highest BCUT2D eigenvalue weighted by Crippen LogP contribution is 2.33. The van der Waals surface area contributed by atoms with E-state index in [2.05, 4.69) is 30.2 Å². The van der Waals surface area contributed by atoms with Gasteiger partial charge in [0.05, 0.1) is 6.04 Å². The zero-order chi connectivity index (χ0) is 14.4. The van der Waals surface area contributed by atoms with Gasteiger partial charge in [0.15, 0.2) is 0 Å². The van der Waals surface area contributed by atoms with Crippen LogP contribution in [0.2, 0.25) is 0 Å². The summed E-state index contributed by atoms with van der Waals surface area (Å²) >= 11 is 0. The number of nitrogens with one attached hydrogen (secondary N) is 1. The van der Waals surface area contributed by atoms with Gasteiger partial charge in [-0.1, -0.05) is 31.4 Å². The summed E-state index contributed by atoms with van der Waals surface area (Å²) in [7, 11) is 0. The van der Waals surface area contributed by atoms with E-state index in [1.165, 1.54) is 64.5 Å². The van der Waals surface area contributed by atoms with E-state index in [0.29, 0.717) is 6.04 Å². The van der Waals surface area contributed by atoms with Crippen LogP contribution >= 0.6 is 0 Å². The second-order valence-electron chi connectivity index (χ2n) is 6.74. The first kappa shape index (κ1) is 16.0. The largest absolute Gasteiger partial charge is 0.296 e. The summed E-state index contributed by atoms with van der Waals surface area (Å²) in [6.45, 7) is 7.18. The molecule has 0 amide bonds. The number of hydrogen-bond donors (Lipinski definition) is 2. The van der Waals surface area contributed by atoms with E-state index in [1.54, 1.807) is 5.57 Å². The first-order valence-corrected chi connectivity index (χ1v) is 8.62. The minimum Gasteiger partial charge on any atom is -0.296 e. The van der Waals surface area contributed by atoms with Crippen LogP contribution in [0.25, 0.3) is 0 Å². The lowest BCUT2D eigenvalue weighted by molar-refractivity contribution is 0.0960. The molecule has 1 fully saturated rings. The molecule has 0 aromatic rings. The number of nitrogens with two attached hydrogens (primary N) is 1. The molecule has 2 atom stereocenters. The summed E-state index contributed by atoms with van der Waals surface area (Å²) < 4.78 is 0. The van der Waals surface area contributed by atoms with Gasteiger partial charge in [0.25, 0.3) is 0 Å². The van der Waals surface area contributed by atoms with Crippen LogP contribution in [0.15, 0.2) is 11.6 Å². The molecule has 0 bridgehead atoms. The molecule has 1 aliphatic heterocycles. The van der Waals surface area contributed by atoms with Crippen LogP contribution in [-0.2, 0) is 0 Å². The molecule has 3 N–H and O–H groups in total. The van der Waals surface area contributed by atoms with Crippen molar-refractivity contribution in [3.8, 4) is 0 Å². The molecule has 1 heterocycles. The fourth-order valence-electron chi connectivity index (χ4n) is 4.00. The Kier molecular flexibility index (Phi) is 6.06. The Balaban J connectivity index is 2.18. The fraction of sp³-hybridized carbons (Fsp3) is 0.882. The van der Waals surface area contributed by atoms with Gasteiger partial charge < -0.3 is 0 Å². The van der Waals surface area contributed by atoms with Gasteiger partial charge in [0.2, 0.25) is 0 Å². The minimum atomic E-state index is 0.163. The molecule has 3 heteroatoms. The minimum absolute atomic E-state index is 0.163. The van der Waals surface area contributed by atoms with Crippen molar-refractivity contribution < 1.29 is 0 Å². The van der Waals surface area contributed by atoms with Gasteiger partial charge in [-0.25, -0.2) is 0 Å². The molecule has 3 nitrogen and oxygen atoms in total. The van der Waals surface area contributed by atoms with Crippen LogP contribution < -0.4 is 11.3 Å². The van der Waals surface area contributed by atoms with Gasteiger partial charge >= 0.3 is 0 Å². The number of allylic oxidation sites excluding steroid dienone is 1. The normalized spacial score (nSPS) is 26.4. The predicted molar refractivity (Wildman–Crippen MR) is 86.4 cm³/mol. The fourth-order valence-corrected chi connectivity index (χ4v) is 4.00. The third-order valence-electron chi connectivity index (χ3n) is 5.53. The Morgan fingerprint density at radius 1 is 1.20 bits per heavy atom. The van der Waals surface area contributed by atoms with Crippen LogP contribution in [0.1, 0.15) is 71.6 Å². The van der Waals surface area contributed by atoms with Gasteiger partial charge in [0, 0.05) is 5.54 Å². The Morgan fingerprint density at radius 2 is 1.90 bits per heavy atom. The summed E-state index contributed by atoms with van der Waals surface area (Å²) in [5.41, 5.74) is 4.90. The highest BCUT2D eigenvalue weighted by molar-refractivity contribution is 5.19. The Labute approximate surface area is 124 Å². The van der Waals surface area contributed by atoms with Gasteiger partial charge in [-0.05, 0) is 65.0 Å².